The Bertz CT molecular complexity index is 840. The summed E-state index contributed by atoms with van der Waals surface area (Å²) in [5, 5.41) is 3.05. The number of likely N-dealkylation sites (tertiary alicyclic amines) is 1. The van der Waals surface area contributed by atoms with Gasteiger partial charge in [0.2, 0.25) is 11.8 Å². The number of carbonyl (C=O) groups excluding carboxylic acids is 1. The van der Waals surface area contributed by atoms with E-state index in [2.05, 4.69) is 15.2 Å². The molecule has 4 rings (SSSR count). The number of benzene rings is 1. The minimum Gasteiger partial charge on any atom is -0.441 e. The van der Waals surface area contributed by atoms with E-state index in [1.165, 1.54) is 6.07 Å². The number of nitrogens with zero attached hydrogens (tertiary/aromatic N) is 2. The lowest BCUT2D eigenvalue weighted by atomic mass is 9.95. The molecule has 6 nitrogen and oxygen atoms in total. The zero-order valence-corrected chi connectivity index (χ0v) is 16.8. The molecule has 0 radical (unpaired) electrons. The van der Waals surface area contributed by atoms with E-state index >= 15 is 0 Å². The quantitative estimate of drug-likeness (QED) is 0.805. The number of aryl methyl sites for hydroxylation is 1. The molecule has 7 heteroatoms. The van der Waals surface area contributed by atoms with E-state index in [0.29, 0.717) is 30.3 Å². The standard InChI is InChI=1S/C22H28FN3O3/c1-15-20(25-22(29-15)18-6-2-3-7-19(18)23)14-26-10-8-16(9-11-26)21(27)24-13-17-5-4-12-28-17/h2-3,6-7,16-17H,4-5,8-14H2,1H3,(H,24,27). The summed E-state index contributed by atoms with van der Waals surface area (Å²) in [6.07, 6.45) is 3.95. The Kier molecular flexibility index (Phi) is 6.25. The van der Waals surface area contributed by atoms with Crippen molar-refractivity contribution >= 4 is 5.91 Å². The van der Waals surface area contributed by atoms with Crippen molar-refractivity contribution in [3.63, 3.8) is 0 Å². The monoisotopic (exact) mass is 401 g/mol. The van der Waals surface area contributed by atoms with E-state index < -0.39 is 0 Å². The molecule has 0 aliphatic carbocycles. The van der Waals surface area contributed by atoms with Crippen LogP contribution in [0.15, 0.2) is 28.7 Å². The predicted molar refractivity (Wildman–Crippen MR) is 107 cm³/mol. The van der Waals surface area contributed by atoms with E-state index in [-0.39, 0.29) is 23.7 Å². The van der Waals surface area contributed by atoms with Crippen LogP contribution in [0.3, 0.4) is 0 Å². The summed E-state index contributed by atoms with van der Waals surface area (Å²) in [6, 6.07) is 6.50. The van der Waals surface area contributed by atoms with Crippen molar-refractivity contribution in [1.82, 2.24) is 15.2 Å². The van der Waals surface area contributed by atoms with Gasteiger partial charge in [0, 0.05) is 25.6 Å². The second-order valence-electron chi connectivity index (χ2n) is 7.93. The molecule has 2 fully saturated rings. The van der Waals surface area contributed by atoms with Crippen LogP contribution < -0.4 is 5.32 Å². The average molecular weight is 401 g/mol. The van der Waals surface area contributed by atoms with Crippen molar-refractivity contribution < 1.29 is 18.3 Å². The Hall–Kier alpha value is -2.25. The van der Waals surface area contributed by atoms with Gasteiger partial charge in [-0.15, -0.1) is 0 Å². The first-order valence-corrected chi connectivity index (χ1v) is 10.4. The molecule has 1 aromatic carbocycles. The molecule has 0 spiro atoms. The zero-order valence-electron chi connectivity index (χ0n) is 16.8. The van der Waals surface area contributed by atoms with E-state index in [1.54, 1.807) is 18.2 Å². The SMILES string of the molecule is Cc1oc(-c2ccccc2F)nc1CN1CCC(C(=O)NCC2CCCO2)CC1. The van der Waals surface area contributed by atoms with Crippen LogP contribution in [0.2, 0.25) is 0 Å². The highest BCUT2D eigenvalue weighted by Crippen LogP contribution is 2.26. The number of aromatic nitrogens is 1. The highest BCUT2D eigenvalue weighted by Gasteiger charge is 2.27. The molecule has 0 bridgehead atoms. The second kappa shape index (κ2) is 9.05. The molecule has 2 aromatic rings. The summed E-state index contributed by atoms with van der Waals surface area (Å²) < 4.78 is 25.3. The number of hydrogen-bond donors (Lipinski definition) is 1. The van der Waals surface area contributed by atoms with Crippen molar-refractivity contribution in [2.45, 2.75) is 45.3 Å². The number of oxazole rings is 1. The van der Waals surface area contributed by atoms with Crippen molar-refractivity contribution in [2.75, 3.05) is 26.2 Å². The van der Waals surface area contributed by atoms with Crippen molar-refractivity contribution in [1.29, 1.82) is 0 Å². The van der Waals surface area contributed by atoms with Crippen LogP contribution in [0, 0.1) is 18.7 Å². The molecule has 2 saturated heterocycles. The fourth-order valence-corrected chi connectivity index (χ4v) is 4.05. The molecular weight excluding hydrogens is 373 g/mol. The van der Waals surface area contributed by atoms with Crippen LogP contribution in [0.4, 0.5) is 4.39 Å². The highest BCUT2D eigenvalue weighted by atomic mass is 19.1. The van der Waals surface area contributed by atoms with E-state index in [4.69, 9.17) is 9.15 Å². The molecule has 1 amide bonds. The maximum absolute atomic E-state index is 14.0. The molecule has 1 unspecified atom stereocenters. The third-order valence-corrected chi connectivity index (χ3v) is 5.86. The van der Waals surface area contributed by atoms with Crippen LogP contribution in [0.5, 0.6) is 0 Å². The Labute approximate surface area is 170 Å². The fraction of sp³-hybridized carbons (Fsp3) is 0.545. The first kappa shape index (κ1) is 20.0. The first-order valence-electron chi connectivity index (χ1n) is 10.4. The number of hydrogen-bond acceptors (Lipinski definition) is 5. The van der Waals surface area contributed by atoms with Crippen LogP contribution in [-0.4, -0.2) is 48.1 Å². The van der Waals surface area contributed by atoms with Gasteiger partial charge in [-0.2, -0.15) is 0 Å². The zero-order chi connectivity index (χ0) is 20.2. The summed E-state index contributed by atoms with van der Waals surface area (Å²) in [5.74, 6) is 0.883. The van der Waals surface area contributed by atoms with Gasteiger partial charge in [0.05, 0.1) is 17.4 Å². The van der Waals surface area contributed by atoms with E-state index in [9.17, 15) is 9.18 Å². The summed E-state index contributed by atoms with van der Waals surface area (Å²) in [6.45, 7) is 5.60. The molecule has 0 saturated carbocycles. The van der Waals surface area contributed by atoms with Crippen molar-refractivity contribution in [3.05, 3.63) is 41.5 Å². The predicted octanol–water partition coefficient (Wildman–Crippen LogP) is 3.30. The number of halogens is 1. The minimum absolute atomic E-state index is 0.0556. The fourth-order valence-electron chi connectivity index (χ4n) is 4.05. The van der Waals surface area contributed by atoms with Gasteiger partial charge in [-0.25, -0.2) is 9.37 Å². The van der Waals surface area contributed by atoms with Gasteiger partial charge in [-0.05, 0) is 57.8 Å². The Morgan fingerprint density at radius 2 is 2.07 bits per heavy atom. The minimum atomic E-state index is -0.338. The number of nitrogens with one attached hydrogen (secondary N) is 1. The van der Waals surface area contributed by atoms with Crippen LogP contribution in [0.25, 0.3) is 11.5 Å². The highest BCUT2D eigenvalue weighted by molar-refractivity contribution is 5.78. The summed E-state index contributed by atoms with van der Waals surface area (Å²) in [7, 11) is 0. The third-order valence-electron chi connectivity index (χ3n) is 5.86. The summed E-state index contributed by atoms with van der Waals surface area (Å²) in [4.78, 5) is 19.2. The maximum Gasteiger partial charge on any atom is 0.229 e. The lowest BCUT2D eigenvalue weighted by Gasteiger charge is -2.31. The van der Waals surface area contributed by atoms with E-state index in [1.807, 2.05) is 6.92 Å². The lowest BCUT2D eigenvalue weighted by Crippen LogP contribution is -2.42. The molecule has 156 valence electrons. The second-order valence-corrected chi connectivity index (χ2v) is 7.93. The molecule has 29 heavy (non-hydrogen) atoms. The lowest BCUT2D eigenvalue weighted by molar-refractivity contribution is -0.127. The number of amides is 1. The first-order chi connectivity index (χ1) is 14.1. The number of ether oxygens (including phenoxy) is 1. The van der Waals surface area contributed by atoms with Gasteiger partial charge in [0.15, 0.2) is 0 Å². The molecule has 1 aromatic heterocycles. The Morgan fingerprint density at radius 1 is 1.28 bits per heavy atom. The Morgan fingerprint density at radius 3 is 2.79 bits per heavy atom. The van der Waals surface area contributed by atoms with E-state index in [0.717, 1.165) is 51.1 Å². The van der Waals surface area contributed by atoms with Crippen molar-refractivity contribution in [3.8, 4) is 11.5 Å². The molecule has 3 heterocycles. The van der Waals surface area contributed by atoms with Gasteiger partial charge in [-0.1, -0.05) is 12.1 Å². The maximum atomic E-state index is 14.0. The van der Waals surface area contributed by atoms with Crippen LogP contribution in [-0.2, 0) is 16.1 Å². The number of carbonyl (C=O) groups is 1. The number of rotatable bonds is 6. The summed E-state index contributed by atoms with van der Waals surface area (Å²) in [5.41, 5.74) is 1.20. The molecular formula is C22H28FN3O3. The Balaban J connectivity index is 1.28. The number of piperidine rings is 1. The molecule has 1 atom stereocenters. The largest absolute Gasteiger partial charge is 0.441 e. The van der Waals surface area contributed by atoms with Gasteiger partial charge < -0.3 is 14.5 Å². The molecule has 2 aliphatic heterocycles. The molecule has 2 aliphatic rings. The van der Waals surface area contributed by atoms with Gasteiger partial charge in [0.1, 0.15) is 11.6 Å². The average Bonchev–Trinajstić information content (AvgIpc) is 3.37. The summed E-state index contributed by atoms with van der Waals surface area (Å²) >= 11 is 0. The van der Waals surface area contributed by atoms with Crippen LogP contribution in [0.1, 0.15) is 37.1 Å². The topological polar surface area (TPSA) is 67.6 Å². The van der Waals surface area contributed by atoms with Gasteiger partial charge in [-0.3, -0.25) is 9.69 Å². The van der Waals surface area contributed by atoms with Gasteiger partial charge in [0.25, 0.3) is 0 Å². The molecule has 1 N–H and O–H groups in total. The normalized spacial score (nSPS) is 20.8. The third kappa shape index (κ3) is 4.85. The van der Waals surface area contributed by atoms with Crippen molar-refractivity contribution in [2.24, 2.45) is 5.92 Å². The van der Waals surface area contributed by atoms with Crippen LogP contribution >= 0.6 is 0 Å². The van der Waals surface area contributed by atoms with Gasteiger partial charge >= 0.3 is 0 Å². The smallest absolute Gasteiger partial charge is 0.229 e.